The molecule has 1 aromatic carbocycles. The minimum Gasteiger partial charge on any atom is -0.332 e. The maximum absolute atomic E-state index is 13.9. The number of halogens is 3. The Bertz CT molecular complexity index is 580. The van der Waals surface area contributed by atoms with Gasteiger partial charge in [-0.2, -0.15) is 0 Å². The van der Waals surface area contributed by atoms with Crippen molar-refractivity contribution < 1.29 is 18.4 Å². The van der Waals surface area contributed by atoms with Crippen LogP contribution in [-0.4, -0.2) is 41.2 Å². The molecule has 0 atom stereocenters. The lowest BCUT2D eigenvalue weighted by Crippen LogP contribution is -2.53. The molecule has 0 aromatic heterocycles. The number of nitrogens with zero attached hydrogens (tertiary/aromatic N) is 2. The molecule has 1 aliphatic rings. The van der Waals surface area contributed by atoms with Gasteiger partial charge in [0.25, 0.3) is 0 Å². The Kier molecular flexibility index (Phi) is 4.92. The van der Waals surface area contributed by atoms with Crippen LogP contribution in [0.1, 0.15) is 18.9 Å². The molecular weight excluding hydrogens is 346 g/mol. The van der Waals surface area contributed by atoms with E-state index in [1.165, 1.54) is 15.9 Å². The Morgan fingerprint density at radius 2 is 1.76 bits per heavy atom. The van der Waals surface area contributed by atoms with E-state index in [1.807, 2.05) is 6.92 Å². The first kappa shape index (κ1) is 15.9. The number of rotatable bonds is 4. The molecular formula is C14H15BrF2N2O2. The van der Waals surface area contributed by atoms with Crippen LogP contribution in [0, 0.1) is 11.6 Å². The number of carbonyl (C=O) groups is 2. The summed E-state index contributed by atoms with van der Waals surface area (Å²) >= 11 is 2.98. The average Bonchev–Trinajstić information content (AvgIpc) is 2.44. The van der Waals surface area contributed by atoms with Crippen molar-refractivity contribution in [2.45, 2.75) is 19.9 Å². The van der Waals surface area contributed by atoms with E-state index in [2.05, 4.69) is 15.9 Å². The summed E-state index contributed by atoms with van der Waals surface area (Å²) in [5, 5.41) is 0. The minimum atomic E-state index is -0.744. The molecule has 1 heterocycles. The van der Waals surface area contributed by atoms with Crippen molar-refractivity contribution in [2.75, 3.05) is 19.6 Å². The summed E-state index contributed by atoms with van der Waals surface area (Å²) in [5.74, 6) is -1.98. The zero-order valence-electron chi connectivity index (χ0n) is 11.5. The number of piperazine rings is 1. The third-order valence-electron chi connectivity index (χ3n) is 3.34. The van der Waals surface area contributed by atoms with Gasteiger partial charge in [0, 0.05) is 12.1 Å². The highest BCUT2D eigenvalue weighted by Gasteiger charge is 2.30. The Morgan fingerprint density at radius 1 is 1.14 bits per heavy atom. The van der Waals surface area contributed by atoms with Gasteiger partial charge in [0.05, 0.1) is 17.6 Å². The van der Waals surface area contributed by atoms with Gasteiger partial charge in [0.2, 0.25) is 11.8 Å². The molecule has 1 aliphatic heterocycles. The topological polar surface area (TPSA) is 40.6 Å². The number of hydrogen-bond donors (Lipinski definition) is 0. The summed E-state index contributed by atoms with van der Waals surface area (Å²) in [4.78, 5) is 26.6. The second kappa shape index (κ2) is 6.51. The first-order valence-corrected chi connectivity index (χ1v) is 7.41. The Labute approximate surface area is 129 Å². The van der Waals surface area contributed by atoms with Crippen LogP contribution < -0.4 is 0 Å². The Balaban J connectivity index is 2.16. The van der Waals surface area contributed by atoms with Crippen molar-refractivity contribution >= 4 is 27.7 Å². The molecule has 0 saturated carbocycles. The molecule has 0 radical (unpaired) electrons. The van der Waals surface area contributed by atoms with Crippen molar-refractivity contribution in [3.63, 3.8) is 0 Å². The van der Waals surface area contributed by atoms with Crippen LogP contribution in [0.15, 0.2) is 16.6 Å². The predicted molar refractivity (Wildman–Crippen MR) is 76.3 cm³/mol. The SMILES string of the molecule is CCCN1CC(=O)N(Cc2c(F)ccc(Br)c2F)CC1=O. The van der Waals surface area contributed by atoms with Gasteiger partial charge in [-0.1, -0.05) is 6.92 Å². The maximum Gasteiger partial charge on any atom is 0.242 e. The van der Waals surface area contributed by atoms with E-state index in [0.717, 1.165) is 12.5 Å². The van der Waals surface area contributed by atoms with Crippen molar-refractivity contribution in [2.24, 2.45) is 0 Å². The minimum absolute atomic E-state index is 0.0378. The highest BCUT2D eigenvalue weighted by molar-refractivity contribution is 9.10. The van der Waals surface area contributed by atoms with Gasteiger partial charge in [-0.05, 0) is 34.5 Å². The summed E-state index contributed by atoms with van der Waals surface area (Å²) in [7, 11) is 0. The van der Waals surface area contributed by atoms with Crippen LogP contribution in [0.4, 0.5) is 8.78 Å². The van der Waals surface area contributed by atoms with E-state index < -0.39 is 11.6 Å². The van der Waals surface area contributed by atoms with Crippen molar-refractivity contribution in [3.8, 4) is 0 Å². The van der Waals surface area contributed by atoms with Gasteiger partial charge in [0.15, 0.2) is 0 Å². The third kappa shape index (κ3) is 3.40. The highest BCUT2D eigenvalue weighted by Crippen LogP contribution is 2.23. The lowest BCUT2D eigenvalue weighted by molar-refractivity contribution is -0.150. The number of amides is 2. The van der Waals surface area contributed by atoms with E-state index in [4.69, 9.17) is 0 Å². The fourth-order valence-electron chi connectivity index (χ4n) is 2.23. The Hall–Kier alpha value is -1.50. The van der Waals surface area contributed by atoms with Crippen LogP contribution >= 0.6 is 15.9 Å². The lowest BCUT2D eigenvalue weighted by Gasteiger charge is -2.33. The Morgan fingerprint density at radius 3 is 2.43 bits per heavy atom. The van der Waals surface area contributed by atoms with Gasteiger partial charge in [-0.25, -0.2) is 8.78 Å². The molecule has 1 saturated heterocycles. The molecule has 7 heteroatoms. The molecule has 21 heavy (non-hydrogen) atoms. The van der Waals surface area contributed by atoms with E-state index >= 15 is 0 Å². The second-order valence-electron chi connectivity index (χ2n) is 4.89. The molecule has 1 fully saturated rings. The summed E-state index contributed by atoms with van der Waals surface area (Å²) in [5.41, 5.74) is -0.213. The molecule has 0 N–H and O–H groups in total. The van der Waals surface area contributed by atoms with Crippen molar-refractivity contribution in [3.05, 3.63) is 33.8 Å². The van der Waals surface area contributed by atoms with Gasteiger partial charge in [-0.15, -0.1) is 0 Å². The molecule has 0 unspecified atom stereocenters. The predicted octanol–water partition coefficient (Wildman–Crippen LogP) is 2.31. The standard InChI is InChI=1S/C14H15BrF2N2O2/c1-2-5-18-7-13(21)19(8-12(18)20)6-9-11(16)4-3-10(15)14(9)17/h3-4H,2,5-8H2,1H3. The molecule has 2 amide bonds. The summed E-state index contributed by atoms with van der Waals surface area (Å²) < 4.78 is 27.8. The number of carbonyl (C=O) groups excluding carboxylic acids is 2. The normalized spacial score (nSPS) is 15.8. The lowest BCUT2D eigenvalue weighted by atomic mass is 10.1. The first-order valence-electron chi connectivity index (χ1n) is 6.62. The van der Waals surface area contributed by atoms with Crippen molar-refractivity contribution in [1.82, 2.24) is 9.80 Å². The zero-order chi connectivity index (χ0) is 15.6. The van der Waals surface area contributed by atoms with E-state index in [0.29, 0.717) is 6.54 Å². The number of benzene rings is 1. The smallest absolute Gasteiger partial charge is 0.242 e. The van der Waals surface area contributed by atoms with Gasteiger partial charge < -0.3 is 9.80 Å². The molecule has 0 aliphatic carbocycles. The van der Waals surface area contributed by atoms with Gasteiger partial charge >= 0.3 is 0 Å². The summed E-state index contributed by atoms with van der Waals surface area (Å²) in [6, 6.07) is 2.39. The second-order valence-corrected chi connectivity index (χ2v) is 5.74. The quantitative estimate of drug-likeness (QED) is 0.773. The zero-order valence-corrected chi connectivity index (χ0v) is 13.1. The monoisotopic (exact) mass is 360 g/mol. The molecule has 1 aromatic rings. The van der Waals surface area contributed by atoms with Crippen LogP contribution in [0.5, 0.6) is 0 Å². The maximum atomic E-state index is 13.9. The van der Waals surface area contributed by atoms with E-state index in [9.17, 15) is 18.4 Å². The third-order valence-corrected chi connectivity index (χ3v) is 3.95. The molecule has 114 valence electrons. The van der Waals surface area contributed by atoms with Crippen LogP contribution in [0.2, 0.25) is 0 Å². The highest BCUT2D eigenvalue weighted by atomic mass is 79.9. The largest absolute Gasteiger partial charge is 0.332 e. The van der Waals surface area contributed by atoms with Crippen LogP contribution in [-0.2, 0) is 16.1 Å². The summed E-state index contributed by atoms with van der Waals surface area (Å²) in [6.45, 7) is 1.99. The molecule has 0 bridgehead atoms. The summed E-state index contributed by atoms with van der Waals surface area (Å²) in [6.07, 6.45) is 0.758. The van der Waals surface area contributed by atoms with Crippen LogP contribution in [0.25, 0.3) is 0 Å². The van der Waals surface area contributed by atoms with Gasteiger partial charge in [0.1, 0.15) is 18.2 Å². The fraction of sp³-hybridized carbons (Fsp3) is 0.429. The van der Waals surface area contributed by atoms with E-state index in [1.54, 1.807) is 0 Å². The van der Waals surface area contributed by atoms with Crippen LogP contribution in [0.3, 0.4) is 0 Å². The van der Waals surface area contributed by atoms with Gasteiger partial charge in [-0.3, -0.25) is 9.59 Å². The average molecular weight is 361 g/mol. The molecule has 2 rings (SSSR count). The fourth-order valence-corrected chi connectivity index (χ4v) is 2.60. The first-order chi connectivity index (χ1) is 9.93. The molecule has 4 nitrogen and oxygen atoms in total. The molecule has 0 spiro atoms. The van der Waals surface area contributed by atoms with E-state index in [-0.39, 0.29) is 41.5 Å². The van der Waals surface area contributed by atoms with Crippen molar-refractivity contribution in [1.29, 1.82) is 0 Å². The number of hydrogen-bond acceptors (Lipinski definition) is 2.